The Kier molecular flexibility index (Phi) is 7.47. The molecule has 1 unspecified atom stereocenters. The van der Waals surface area contributed by atoms with Gasteiger partial charge in [0, 0.05) is 11.4 Å². The Morgan fingerprint density at radius 1 is 1.00 bits per heavy atom. The summed E-state index contributed by atoms with van der Waals surface area (Å²) in [5, 5.41) is 6.57. The average molecular weight is 423 g/mol. The Balaban J connectivity index is 1.97. The molecule has 0 aromatic heterocycles. The zero-order chi connectivity index (χ0) is 21.0. The van der Waals surface area contributed by atoms with Crippen LogP contribution in [0.25, 0.3) is 0 Å². The number of rotatable bonds is 6. The first-order valence-corrected chi connectivity index (χ1v) is 9.80. The van der Waals surface area contributed by atoms with Crippen molar-refractivity contribution in [2.75, 3.05) is 24.2 Å². The molecule has 5 nitrogen and oxygen atoms in total. The van der Waals surface area contributed by atoms with E-state index in [1.807, 2.05) is 40.0 Å². The number of anilines is 2. The lowest BCUT2D eigenvalue weighted by atomic mass is 10.0. The lowest BCUT2D eigenvalue weighted by Crippen LogP contribution is -3.14. The fourth-order valence-corrected chi connectivity index (χ4v) is 3.32. The molecule has 0 aliphatic carbocycles. The third-order valence-electron chi connectivity index (χ3n) is 4.70. The van der Waals surface area contributed by atoms with Gasteiger partial charge in [0.2, 0.25) is 0 Å². The summed E-state index contributed by atoms with van der Waals surface area (Å²) in [5.41, 5.74) is 4.59. The fraction of sp³-hybridized carbons (Fsp3) is 0.333. The molecule has 2 atom stereocenters. The molecule has 0 saturated heterocycles. The van der Waals surface area contributed by atoms with E-state index in [0.717, 1.165) is 27.3 Å². The number of likely N-dealkylation sites (N-methyl/N-ethyl adjacent to an activating group) is 1. The highest BCUT2D eigenvalue weighted by Crippen LogP contribution is 2.25. The van der Waals surface area contributed by atoms with Gasteiger partial charge in [-0.1, -0.05) is 40.9 Å². The van der Waals surface area contributed by atoms with Crippen LogP contribution in [0.2, 0.25) is 10.0 Å². The van der Waals surface area contributed by atoms with Gasteiger partial charge in [0.05, 0.1) is 17.1 Å². The topological polar surface area (TPSA) is 62.6 Å². The van der Waals surface area contributed by atoms with Crippen molar-refractivity contribution in [3.05, 3.63) is 57.1 Å². The SMILES string of the molecule is Cc1cc(C)c(NC(=O)[C@@H](C)[NH+](C)CC(=O)Nc2ccc(Cl)c(Cl)c2)c(C)c1. The molecule has 0 aliphatic rings. The maximum Gasteiger partial charge on any atom is 0.282 e. The van der Waals surface area contributed by atoms with Crippen LogP contribution in [0.15, 0.2) is 30.3 Å². The highest BCUT2D eigenvalue weighted by atomic mass is 35.5. The van der Waals surface area contributed by atoms with Gasteiger partial charge in [0.15, 0.2) is 12.6 Å². The van der Waals surface area contributed by atoms with Crippen LogP contribution in [0.5, 0.6) is 0 Å². The van der Waals surface area contributed by atoms with E-state index >= 15 is 0 Å². The number of amides is 2. The molecule has 0 aliphatic heterocycles. The smallest absolute Gasteiger partial charge is 0.282 e. The summed E-state index contributed by atoms with van der Waals surface area (Å²) in [6.07, 6.45) is 0. The quantitative estimate of drug-likeness (QED) is 0.667. The van der Waals surface area contributed by atoms with E-state index in [4.69, 9.17) is 23.2 Å². The number of quaternary nitrogens is 1. The van der Waals surface area contributed by atoms with Crippen LogP contribution in [0.4, 0.5) is 11.4 Å². The molecule has 2 aromatic carbocycles. The molecule has 0 fully saturated rings. The van der Waals surface area contributed by atoms with Crippen molar-refractivity contribution < 1.29 is 14.5 Å². The second kappa shape index (κ2) is 9.41. The van der Waals surface area contributed by atoms with Gasteiger partial charge in [0.1, 0.15) is 0 Å². The second-order valence-electron chi connectivity index (χ2n) is 7.18. The first-order valence-electron chi connectivity index (χ1n) is 9.04. The third kappa shape index (κ3) is 5.71. The molecule has 0 bridgehead atoms. The lowest BCUT2D eigenvalue weighted by Gasteiger charge is -2.22. The molecule has 150 valence electrons. The molecule has 0 spiro atoms. The molecule has 0 radical (unpaired) electrons. The summed E-state index contributed by atoms with van der Waals surface area (Å²) in [7, 11) is 1.81. The first-order chi connectivity index (χ1) is 13.1. The predicted molar refractivity (Wildman–Crippen MR) is 116 cm³/mol. The minimum absolute atomic E-state index is 0.130. The second-order valence-corrected chi connectivity index (χ2v) is 8.00. The Morgan fingerprint density at radius 2 is 1.61 bits per heavy atom. The molecular formula is C21H26Cl2N3O2+. The van der Waals surface area contributed by atoms with Crippen LogP contribution in [0, 0.1) is 20.8 Å². The summed E-state index contributed by atoms with van der Waals surface area (Å²) in [6.45, 7) is 7.92. The Hall–Kier alpha value is -2.08. The van der Waals surface area contributed by atoms with Crippen molar-refractivity contribution >= 4 is 46.4 Å². The van der Waals surface area contributed by atoms with Gasteiger partial charge in [-0.05, 0) is 57.0 Å². The minimum Gasteiger partial charge on any atom is -0.321 e. The standard InChI is InChI=1S/C21H25Cl2N3O2/c1-12-8-13(2)20(14(3)9-12)25-21(28)15(4)26(5)11-19(27)24-16-6-7-17(22)18(23)10-16/h6-10,15H,11H2,1-5H3,(H,24,27)(H,25,28)/p+1/t15-/m1/s1. The Labute approximate surface area is 176 Å². The van der Waals surface area contributed by atoms with E-state index in [-0.39, 0.29) is 18.4 Å². The number of aryl methyl sites for hydroxylation is 3. The van der Waals surface area contributed by atoms with E-state index < -0.39 is 6.04 Å². The number of halogens is 2. The fourth-order valence-electron chi connectivity index (χ4n) is 3.02. The van der Waals surface area contributed by atoms with Gasteiger partial charge >= 0.3 is 0 Å². The van der Waals surface area contributed by atoms with E-state index in [1.165, 1.54) is 0 Å². The zero-order valence-corrected chi connectivity index (χ0v) is 18.3. The van der Waals surface area contributed by atoms with Crippen LogP contribution >= 0.6 is 23.2 Å². The van der Waals surface area contributed by atoms with E-state index in [2.05, 4.69) is 10.6 Å². The van der Waals surface area contributed by atoms with E-state index in [9.17, 15) is 9.59 Å². The van der Waals surface area contributed by atoms with Crippen molar-refractivity contribution in [1.82, 2.24) is 0 Å². The largest absolute Gasteiger partial charge is 0.321 e. The van der Waals surface area contributed by atoms with Crippen molar-refractivity contribution in [2.24, 2.45) is 0 Å². The number of hydrogen-bond acceptors (Lipinski definition) is 2. The maximum atomic E-state index is 12.7. The molecule has 7 heteroatoms. The Bertz CT molecular complexity index is 876. The lowest BCUT2D eigenvalue weighted by molar-refractivity contribution is -0.885. The first kappa shape index (κ1) is 22.2. The van der Waals surface area contributed by atoms with Crippen LogP contribution in [-0.4, -0.2) is 31.4 Å². The van der Waals surface area contributed by atoms with E-state index in [0.29, 0.717) is 15.7 Å². The minimum atomic E-state index is -0.403. The number of benzene rings is 2. The molecular weight excluding hydrogens is 397 g/mol. The molecule has 28 heavy (non-hydrogen) atoms. The van der Waals surface area contributed by atoms with Crippen molar-refractivity contribution in [3.63, 3.8) is 0 Å². The number of nitrogens with one attached hydrogen (secondary N) is 3. The summed E-state index contributed by atoms with van der Waals surface area (Å²) < 4.78 is 0. The summed E-state index contributed by atoms with van der Waals surface area (Å²) in [5.74, 6) is -0.340. The van der Waals surface area contributed by atoms with Crippen molar-refractivity contribution in [2.45, 2.75) is 33.7 Å². The van der Waals surface area contributed by atoms with Crippen LogP contribution in [0.1, 0.15) is 23.6 Å². The molecule has 2 aromatic rings. The van der Waals surface area contributed by atoms with Gasteiger partial charge in [-0.3, -0.25) is 9.59 Å². The van der Waals surface area contributed by atoms with Gasteiger partial charge in [-0.15, -0.1) is 0 Å². The molecule has 0 heterocycles. The molecule has 2 rings (SSSR count). The predicted octanol–water partition coefficient (Wildman–Crippen LogP) is 3.40. The van der Waals surface area contributed by atoms with Gasteiger partial charge < -0.3 is 15.5 Å². The van der Waals surface area contributed by atoms with E-state index in [1.54, 1.807) is 25.1 Å². The van der Waals surface area contributed by atoms with Crippen LogP contribution in [0.3, 0.4) is 0 Å². The zero-order valence-electron chi connectivity index (χ0n) is 16.7. The third-order valence-corrected chi connectivity index (χ3v) is 5.44. The Morgan fingerprint density at radius 3 is 2.18 bits per heavy atom. The summed E-state index contributed by atoms with van der Waals surface area (Å²) >= 11 is 11.8. The number of carbonyl (C=O) groups excluding carboxylic acids is 2. The van der Waals surface area contributed by atoms with Gasteiger partial charge in [-0.2, -0.15) is 0 Å². The summed E-state index contributed by atoms with van der Waals surface area (Å²) in [4.78, 5) is 25.8. The van der Waals surface area contributed by atoms with Crippen LogP contribution < -0.4 is 15.5 Å². The highest BCUT2D eigenvalue weighted by Gasteiger charge is 2.25. The molecule has 0 saturated carbocycles. The monoisotopic (exact) mass is 422 g/mol. The molecule has 2 amide bonds. The number of hydrogen-bond donors (Lipinski definition) is 3. The summed E-state index contributed by atoms with van der Waals surface area (Å²) in [6, 6.07) is 8.57. The highest BCUT2D eigenvalue weighted by molar-refractivity contribution is 6.42. The normalized spacial score (nSPS) is 13.0. The van der Waals surface area contributed by atoms with Gasteiger partial charge in [-0.25, -0.2) is 0 Å². The maximum absolute atomic E-state index is 12.7. The average Bonchev–Trinajstić information content (AvgIpc) is 2.60. The molecule has 3 N–H and O–H groups in total. The van der Waals surface area contributed by atoms with Crippen LogP contribution in [-0.2, 0) is 9.59 Å². The van der Waals surface area contributed by atoms with Crippen molar-refractivity contribution in [3.8, 4) is 0 Å². The van der Waals surface area contributed by atoms with Gasteiger partial charge in [0.25, 0.3) is 11.8 Å². The number of carbonyl (C=O) groups is 2. The van der Waals surface area contributed by atoms with Crippen molar-refractivity contribution in [1.29, 1.82) is 0 Å².